The highest BCUT2D eigenvalue weighted by molar-refractivity contribution is 5.86. The number of hydrogen-bond donors (Lipinski definition) is 1. The van der Waals surface area contributed by atoms with E-state index in [1.54, 1.807) is 0 Å². The van der Waals surface area contributed by atoms with E-state index in [0.717, 1.165) is 21.9 Å². The van der Waals surface area contributed by atoms with Gasteiger partial charge in [-0.05, 0) is 32.9 Å². The molecule has 0 saturated carbocycles. The Morgan fingerprint density at radius 1 is 0.773 bits per heavy atom. The van der Waals surface area contributed by atoms with Crippen molar-refractivity contribution in [2.24, 2.45) is 0 Å². The van der Waals surface area contributed by atoms with Crippen LogP contribution in [0.1, 0.15) is 43.6 Å². The summed E-state index contributed by atoms with van der Waals surface area (Å²) in [5, 5.41) is 13.1. The van der Waals surface area contributed by atoms with Crippen LogP contribution in [0, 0.1) is 0 Å². The highest BCUT2D eigenvalue weighted by Gasteiger charge is 2.16. The van der Waals surface area contributed by atoms with Gasteiger partial charge in [-0.3, -0.25) is 0 Å². The lowest BCUT2D eigenvalue weighted by atomic mass is 9.86. The lowest BCUT2D eigenvalue weighted by Gasteiger charge is -2.20. The Kier molecular flexibility index (Phi) is 3.76. The van der Waals surface area contributed by atoms with Crippen molar-refractivity contribution < 1.29 is 5.11 Å². The topological polar surface area (TPSA) is 20.2 Å². The predicted molar refractivity (Wildman–Crippen MR) is 93.2 cm³/mol. The van der Waals surface area contributed by atoms with Crippen LogP contribution in [0.4, 0.5) is 0 Å². The highest BCUT2D eigenvalue weighted by Crippen LogP contribution is 2.30. The van der Waals surface area contributed by atoms with E-state index < -0.39 is 6.10 Å². The van der Waals surface area contributed by atoms with E-state index in [4.69, 9.17) is 0 Å². The third-order valence-electron chi connectivity index (χ3n) is 4.21. The normalized spacial score (nSPS) is 13.3. The SMILES string of the molecule is CC(C)(C)c1ccc([C@@H](O)c2cccc3ccccc23)cc1. The fourth-order valence-corrected chi connectivity index (χ4v) is 2.83. The summed E-state index contributed by atoms with van der Waals surface area (Å²) in [5.74, 6) is 0. The smallest absolute Gasteiger partial charge is 0.105 e. The molecule has 0 radical (unpaired) electrons. The number of benzene rings is 3. The maximum atomic E-state index is 10.8. The molecule has 0 aliphatic carbocycles. The van der Waals surface area contributed by atoms with Crippen molar-refractivity contribution in [3.05, 3.63) is 83.4 Å². The standard InChI is InChI=1S/C21H22O/c1-21(2,3)17-13-11-16(12-14-17)20(22)19-10-6-8-15-7-4-5-9-18(15)19/h4-14,20,22H,1-3H3/t20-/m1/s1. The van der Waals surface area contributed by atoms with Crippen LogP contribution in [0.3, 0.4) is 0 Å². The number of hydrogen-bond acceptors (Lipinski definition) is 1. The molecule has 0 heterocycles. The largest absolute Gasteiger partial charge is 0.384 e. The van der Waals surface area contributed by atoms with E-state index in [9.17, 15) is 5.11 Å². The quantitative estimate of drug-likeness (QED) is 0.686. The average molecular weight is 290 g/mol. The molecular formula is C21H22O. The van der Waals surface area contributed by atoms with Crippen LogP contribution in [0.25, 0.3) is 10.8 Å². The summed E-state index contributed by atoms with van der Waals surface area (Å²) in [6.45, 7) is 6.59. The first-order valence-electron chi connectivity index (χ1n) is 7.73. The molecule has 0 aromatic heterocycles. The summed E-state index contributed by atoms with van der Waals surface area (Å²) >= 11 is 0. The average Bonchev–Trinajstić information content (AvgIpc) is 2.53. The molecule has 0 unspecified atom stereocenters. The number of rotatable bonds is 2. The van der Waals surface area contributed by atoms with E-state index in [0.29, 0.717) is 0 Å². The van der Waals surface area contributed by atoms with E-state index in [-0.39, 0.29) is 5.41 Å². The Morgan fingerprint density at radius 3 is 2.09 bits per heavy atom. The van der Waals surface area contributed by atoms with Crippen molar-refractivity contribution in [1.29, 1.82) is 0 Å². The Morgan fingerprint density at radius 2 is 1.41 bits per heavy atom. The molecule has 0 bridgehead atoms. The van der Waals surface area contributed by atoms with Crippen LogP contribution >= 0.6 is 0 Å². The van der Waals surface area contributed by atoms with Crippen LogP contribution in [0.2, 0.25) is 0 Å². The van der Waals surface area contributed by atoms with Crippen molar-refractivity contribution in [3.63, 3.8) is 0 Å². The zero-order chi connectivity index (χ0) is 15.7. The lowest BCUT2D eigenvalue weighted by Crippen LogP contribution is -2.11. The molecule has 3 aromatic rings. The second kappa shape index (κ2) is 5.58. The molecule has 1 atom stereocenters. The summed E-state index contributed by atoms with van der Waals surface area (Å²) in [5.41, 5.74) is 3.30. The second-order valence-corrected chi connectivity index (χ2v) is 6.84. The molecule has 0 amide bonds. The van der Waals surface area contributed by atoms with E-state index in [1.807, 2.05) is 36.4 Å². The van der Waals surface area contributed by atoms with Gasteiger partial charge in [0.05, 0.1) is 0 Å². The van der Waals surface area contributed by atoms with Crippen molar-refractivity contribution >= 4 is 10.8 Å². The van der Waals surface area contributed by atoms with Gasteiger partial charge < -0.3 is 5.11 Å². The Labute approximate surface area is 132 Å². The van der Waals surface area contributed by atoms with Crippen molar-refractivity contribution in [2.75, 3.05) is 0 Å². The van der Waals surface area contributed by atoms with Gasteiger partial charge in [0.25, 0.3) is 0 Å². The van der Waals surface area contributed by atoms with Gasteiger partial charge in [0.1, 0.15) is 6.10 Å². The van der Waals surface area contributed by atoms with Crippen LogP contribution in [0.15, 0.2) is 66.7 Å². The molecule has 112 valence electrons. The summed E-state index contributed by atoms with van der Waals surface area (Å²) in [4.78, 5) is 0. The fourth-order valence-electron chi connectivity index (χ4n) is 2.83. The van der Waals surface area contributed by atoms with Crippen LogP contribution in [-0.4, -0.2) is 5.11 Å². The van der Waals surface area contributed by atoms with Crippen molar-refractivity contribution in [1.82, 2.24) is 0 Å². The van der Waals surface area contributed by atoms with E-state index >= 15 is 0 Å². The first kappa shape index (κ1) is 14.8. The molecule has 0 aliphatic heterocycles. The molecule has 0 saturated heterocycles. The maximum Gasteiger partial charge on any atom is 0.105 e. The summed E-state index contributed by atoms with van der Waals surface area (Å²) < 4.78 is 0. The van der Waals surface area contributed by atoms with Gasteiger partial charge in [-0.25, -0.2) is 0 Å². The fraction of sp³-hybridized carbons (Fsp3) is 0.238. The Balaban J connectivity index is 2.01. The molecule has 1 N–H and O–H groups in total. The molecule has 0 aliphatic rings. The number of aliphatic hydroxyl groups is 1. The van der Waals surface area contributed by atoms with Crippen LogP contribution in [0.5, 0.6) is 0 Å². The molecule has 1 heteroatoms. The van der Waals surface area contributed by atoms with Gasteiger partial charge in [-0.1, -0.05) is 87.5 Å². The zero-order valence-corrected chi connectivity index (χ0v) is 13.4. The van der Waals surface area contributed by atoms with Crippen molar-refractivity contribution in [2.45, 2.75) is 32.3 Å². The third-order valence-corrected chi connectivity index (χ3v) is 4.21. The first-order valence-corrected chi connectivity index (χ1v) is 7.73. The molecule has 22 heavy (non-hydrogen) atoms. The molecule has 3 rings (SSSR count). The maximum absolute atomic E-state index is 10.8. The van der Waals surface area contributed by atoms with Gasteiger partial charge >= 0.3 is 0 Å². The lowest BCUT2D eigenvalue weighted by molar-refractivity contribution is 0.222. The minimum Gasteiger partial charge on any atom is -0.384 e. The third kappa shape index (κ3) is 2.77. The number of fused-ring (bicyclic) bond motifs is 1. The van der Waals surface area contributed by atoms with Gasteiger partial charge in [-0.2, -0.15) is 0 Å². The van der Waals surface area contributed by atoms with Crippen LogP contribution < -0.4 is 0 Å². The van der Waals surface area contributed by atoms with Crippen LogP contribution in [-0.2, 0) is 5.41 Å². The molecule has 0 spiro atoms. The summed E-state index contributed by atoms with van der Waals surface area (Å²) in [6, 6.07) is 22.6. The minimum absolute atomic E-state index is 0.128. The molecule has 3 aromatic carbocycles. The second-order valence-electron chi connectivity index (χ2n) is 6.84. The Hall–Kier alpha value is -2.12. The van der Waals surface area contributed by atoms with E-state index in [1.165, 1.54) is 5.56 Å². The summed E-state index contributed by atoms with van der Waals surface area (Å²) in [6.07, 6.45) is -0.597. The predicted octanol–water partition coefficient (Wildman–Crippen LogP) is 5.22. The van der Waals surface area contributed by atoms with Crippen molar-refractivity contribution in [3.8, 4) is 0 Å². The number of aliphatic hydroxyl groups excluding tert-OH is 1. The molecule has 1 nitrogen and oxygen atoms in total. The van der Waals surface area contributed by atoms with E-state index in [2.05, 4.69) is 51.1 Å². The molecule has 0 fully saturated rings. The highest BCUT2D eigenvalue weighted by atomic mass is 16.3. The first-order chi connectivity index (χ1) is 10.5. The minimum atomic E-state index is -0.597. The Bertz CT molecular complexity index is 774. The monoisotopic (exact) mass is 290 g/mol. The zero-order valence-electron chi connectivity index (χ0n) is 13.4. The van der Waals surface area contributed by atoms with Gasteiger partial charge in [0.2, 0.25) is 0 Å². The summed E-state index contributed by atoms with van der Waals surface area (Å²) in [7, 11) is 0. The molecular weight excluding hydrogens is 268 g/mol. The van der Waals surface area contributed by atoms with Gasteiger partial charge in [-0.15, -0.1) is 0 Å². The van der Waals surface area contributed by atoms with Gasteiger partial charge in [0.15, 0.2) is 0 Å². The van der Waals surface area contributed by atoms with Gasteiger partial charge in [0, 0.05) is 0 Å².